The van der Waals surface area contributed by atoms with Gasteiger partial charge in [-0.15, -0.1) is 0 Å². The lowest BCUT2D eigenvalue weighted by Gasteiger charge is -2.11. The van der Waals surface area contributed by atoms with Gasteiger partial charge in [0.05, 0.1) is 16.3 Å². The second-order valence-electron chi connectivity index (χ2n) is 8.49. The van der Waals surface area contributed by atoms with E-state index >= 15 is 0 Å². The van der Waals surface area contributed by atoms with E-state index in [2.05, 4.69) is 0 Å². The Bertz CT molecular complexity index is 1450. The predicted molar refractivity (Wildman–Crippen MR) is 155 cm³/mol. The average molecular weight is 546 g/mol. The van der Waals surface area contributed by atoms with E-state index in [4.69, 9.17) is 33.7 Å². The molecule has 0 atom stereocenters. The number of ether oxygens (including phenoxy) is 1. The fourth-order valence-corrected chi connectivity index (χ4v) is 5.37. The monoisotopic (exact) mass is 545 g/mol. The number of thiocarbonyl (C=S) groups is 1. The van der Waals surface area contributed by atoms with Crippen molar-refractivity contribution in [3.05, 3.63) is 106 Å². The Balaban J connectivity index is 1.44. The van der Waals surface area contributed by atoms with E-state index in [1.165, 1.54) is 11.8 Å². The van der Waals surface area contributed by atoms with Crippen LogP contribution in [0.5, 0.6) is 5.75 Å². The van der Waals surface area contributed by atoms with Crippen molar-refractivity contribution in [1.82, 2.24) is 14.7 Å². The Kier molecular flexibility index (Phi) is 7.74. The molecule has 0 aliphatic carbocycles. The highest BCUT2D eigenvalue weighted by atomic mass is 35.5. The summed E-state index contributed by atoms with van der Waals surface area (Å²) < 4.78 is 8.37. The lowest BCUT2D eigenvalue weighted by molar-refractivity contribution is -0.122. The zero-order valence-corrected chi connectivity index (χ0v) is 22.5. The van der Waals surface area contributed by atoms with Crippen LogP contribution in [0.2, 0.25) is 5.02 Å². The summed E-state index contributed by atoms with van der Waals surface area (Å²) in [7, 11) is 0. The molecule has 37 heavy (non-hydrogen) atoms. The van der Waals surface area contributed by atoms with Crippen molar-refractivity contribution < 1.29 is 9.53 Å². The van der Waals surface area contributed by atoms with Crippen molar-refractivity contribution in [3.63, 3.8) is 0 Å². The third-order valence-corrected chi connectivity index (χ3v) is 7.45. The zero-order chi connectivity index (χ0) is 25.8. The lowest BCUT2D eigenvalue weighted by atomic mass is 10.1. The van der Waals surface area contributed by atoms with E-state index in [0.29, 0.717) is 27.4 Å². The molecule has 5 nitrogen and oxygen atoms in total. The number of hydrogen-bond acceptors (Lipinski definition) is 5. The maximum Gasteiger partial charge on any atom is 0.266 e. The van der Waals surface area contributed by atoms with E-state index < -0.39 is 0 Å². The molecule has 1 aromatic heterocycles. The second-order valence-corrected chi connectivity index (χ2v) is 10.6. The summed E-state index contributed by atoms with van der Waals surface area (Å²) in [4.78, 5) is 15.3. The number of rotatable bonds is 8. The van der Waals surface area contributed by atoms with Crippen LogP contribution in [-0.2, 0) is 11.4 Å². The van der Waals surface area contributed by atoms with Crippen LogP contribution in [0.4, 0.5) is 0 Å². The highest BCUT2D eigenvalue weighted by Gasteiger charge is 2.31. The first-order valence-electron chi connectivity index (χ1n) is 11.9. The van der Waals surface area contributed by atoms with E-state index in [9.17, 15) is 4.79 Å². The first kappa shape index (κ1) is 25.3. The Labute approximate surface area is 230 Å². The molecule has 1 aliphatic rings. The molecule has 1 aliphatic heterocycles. The molecular formula is C29H24ClN3O2S2. The summed E-state index contributed by atoms with van der Waals surface area (Å²) in [5.41, 5.74) is 4.51. The van der Waals surface area contributed by atoms with Gasteiger partial charge in [-0.3, -0.25) is 9.69 Å². The Morgan fingerprint density at radius 1 is 1.03 bits per heavy atom. The molecule has 3 aromatic carbocycles. The fraction of sp³-hybridized carbons (Fsp3) is 0.138. The van der Waals surface area contributed by atoms with Crippen molar-refractivity contribution in [2.24, 2.45) is 0 Å². The van der Waals surface area contributed by atoms with Crippen molar-refractivity contribution in [3.8, 4) is 22.7 Å². The summed E-state index contributed by atoms with van der Waals surface area (Å²) in [6.07, 6.45) is 4.69. The van der Waals surface area contributed by atoms with Crippen molar-refractivity contribution in [2.45, 2.75) is 20.0 Å². The minimum Gasteiger partial charge on any atom is -0.489 e. The Morgan fingerprint density at radius 3 is 2.46 bits per heavy atom. The van der Waals surface area contributed by atoms with Crippen LogP contribution in [0.25, 0.3) is 23.0 Å². The van der Waals surface area contributed by atoms with Crippen molar-refractivity contribution in [1.29, 1.82) is 0 Å². The number of nitrogens with zero attached hydrogens (tertiary/aromatic N) is 3. The largest absolute Gasteiger partial charge is 0.489 e. The fourth-order valence-electron chi connectivity index (χ4n) is 3.94. The third-order valence-electron chi connectivity index (χ3n) is 5.82. The molecule has 1 fully saturated rings. The molecule has 1 amide bonds. The molecule has 0 bridgehead atoms. The molecule has 0 unspecified atom stereocenters. The van der Waals surface area contributed by atoms with E-state index in [1.54, 1.807) is 4.90 Å². The number of carbonyl (C=O) groups is 1. The molecule has 5 rings (SSSR count). The zero-order valence-electron chi connectivity index (χ0n) is 20.1. The molecule has 1 saturated heterocycles. The third kappa shape index (κ3) is 5.80. The number of aromatic nitrogens is 2. The van der Waals surface area contributed by atoms with E-state index in [-0.39, 0.29) is 5.91 Å². The van der Waals surface area contributed by atoms with Crippen LogP contribution in [0, 0.1) is 0 Å². The number of para-hydroxylation sites is 1. The molecule has 186 valence electrons. The average Bonchev–Trinajstić information content (AvgIpc) is 3.46. The summed E-state index contributed by atoms with van der Waals surface area (Å²) in [6.45, 7) is 3.10. The maximum atomic E-state index is 13.0. The van der Waals surface area contributed by atoms with Gasteiger partial charge in [0.1, 0.15) is 16.7 Å². The maximum absolute atomic E-state index is 13.0. The summed E-state index contributed by atoms with van der Waals surface area (Å²) in [5, 5.41) is 5.58. The topological polar surface area (TPSA) is 47.4 Å². The smallest absolute Gasteiger partial charge is 0.266 e. The molecule has 0 saturated carbocycles. The van der Waals surface area contributed by atoms with Crippen LogP contribution in [0.1, 0.15) is 24.5 Å². The van der Waals surface area contributed by atoms with Gasteiger partial charge in [0.2, 0.25) is 0 Å². The number of carbonyl (C=O) groups excluding carboxylic acids is 1. The summed E-state index contributed by atoms with van der Waals surface area (Å²) >= 11 is 12.8. The van der Waals surface area contributed by atoms with Crippen LogP contribution < -0.4 is 4.74 Å². The van der Waals surface area contributed by atoms with Gasteiger partial charge >= 0.3 is 0 Å². The van der Waals surface area contributed by atoms with Gasteiger partial charge in [-0.05, 0) is 66.6 Å². The predicted octanol–water partition coefficient (Wildman–Crippen LogP) is 7.38. The quantitative estimate of drug-likeness (QED) is 0.171. The molecule has 0 N–H and O–H groups in total. The molecule has 0 spiro atoms. The Morgan fingerprint density at radius 2 is 1.76 bits per heavy atom. The van der Waals surface area contributed by atoms with Gasteiger partial charge < -0.3 is 4.74 Å². The molecule has 2 heterocycles. The highest BCUT2D eigenvalue weighted by Crippen LogP contribution is 2.35. The lowest BCUT2D eigenvalue weighted by Crippen LogP contribution is -2.28. The van der Waals surface area contributed by atoms with Crippen molar-refractivity contribution >= 4 is 51.9 Å². The molecular weight excluding hydrogens is 522 g/mol. The molecule has 8 heteroatoms. The minimum absolute atomic E-state index is 0.0544. The molecule has 0 radical (unpaired) electrons. The van der Waals surface area contributed by atoms with Gasteiger partial charge in [-0.25, -0.2) is 4.68 Å². The van der Waals surface area contributed by atoms with Crippen LogP contribution >= 0.6 is 35.6 Å². The minimum atomic E-state index is -0.0544. The van der Waals surface area contributed by atoms with Gasteiger partial charge in [0, 0.05) is 28.9 Å². The van der Waals surface area contributed by atoms with E-state index in [0.717, 1.165) is 40.2 Å². The van der Waals surface area contributed by atoms with Gasteiger partial charge in [-0.2, -0.15) is 5.10 Å². The number of amides is 1. The molecule has 4 aromatic rings. The summed E-state index contributed by atoms with van der Waals surface area (Å²) in [5.74, 6) is 0.699. The first-order chi connectivity index (χ1) is 18.0. The normalized spacial score (nSPS) is 14.5. The number of thioether (sulfide) groups is 1. The number of hydrogen-bond donors (Lipinski definition) is 0. The van der Waals surface area contributed by atoms with Crippen LogP contribution in [-0.4, -0.2) is 31.5 Å². The Hall–Kier alpha value is -3.39. The van der Waals surface area contributed by atoms with Crippen LogP contribution in [0.3, 0.4) is 0 Å². The standard InChI is InChI=1S/C29H24ClN3O2S2/c1-2-16-32-28(34)26(37-29(32)36)17-22-18-33(24-6-4-3-5-7-24)31-27(22)21-10-14-25(15-11-21)35-19-20-8-12-23(30)13-9-20/h3-15,17-18H,2,16,19H2,1H3/b26-17-. The number of halogens is 1. The number of benzene rings is 3. The van der Waals surface area contributed by atoms with Gasteiger partial charge in [0.15, 0.2) is 0 Å². The highest BCUT2D eigenvalue weighted by molar-refractivity contribution is 8.26. The van der Waals surface area contributed by atoms with Crippen LogP contribution in [0.15, 0.2) is 90.0 Å². The summed E-state index contributed by atoms with van der Waals surface area (Å²) in [6, 6.07) is 25.3. The second kappa shape index (κ2) is 11.3. The SMILES string of the molecule is CCCN1C(=O)/C(=C/c2cn(-c3ccccc3)nc2-c2ccc(OCc3ccc(Cl)cc3)cc2)SC1=S. The van der Waals surface area contributed by atoms with Gasteiger partial charge in [-0.1, -0.05) is 72.8 Å². The van der Waals surface area contributed by atoms with E-state index in [1.807, 2.05) is 103 Å². The van der Waals surface area contributed by atoms with Gasteiger partial charge in [0.25, 0.3) is 5.91 Å². The van der Waals surface area contributed by atoms with Crippen molar-refractivity contribution in [2.75, 3.05) is 6.54 Å². The first-order valence-corrected chi connectivity index (χ1v) is 13.5.